The summed E-state index contributed by atoms with van der Waals surface area (Å²) in [7, 11) is 1.63. The maximum absolute atomic E-state index is 13.4. The number of hydrogen-bond acceptors (Lipinski definition) is 5. The van der Waals surface area contributed by atoms with Crippen molar-refractivity contribution in [3.8, 4) is 11.4 Å². The molecule has 2 atom stereocenters. The van der Waals surface area contributed by atoms with Crippen LogP contribution in [0.15, 0.2) is 34.9 Å². The van der Waals surface area contributed by atoms with Gasteiger partial charge in [0.15, 0.2) is 0 Å². The number of aryl methyl sites for hydroxylation is 2. The number of benzene rings is 1. The number of carbonyl (C=O) groups excluding carboxylic acids is 2. The summed E-state index contributed by atoms with van der Waals surface area (Å²) in [5.41, 5.74) is 4.23. The van der Waals surface area contributed by atoms with Crippen LogP contribution in [-0.4, -0.2) is 50.6 Å². The van der Waals surface area contributed by atoms with Crippen molar-refractivity contribution in [2.45, 2.75) is 64.6 Å². The van der Waals surface area contributed by atoms with Gasteiger partial charge < -0.3 is 19.3 Å². The normalized spacial score (nSPS) is 19.3. The number of fused-ring (bicyclic) bond motifs is 3. The molecule has 172 valence electrons. The Balaban J connectivity index is 1.45. The van der Waals surface area contributed by atoms with Crippen molar-refractivity contribution in [1.29, 1.82) is 0 Å². The first kappa shape index (κ1) is 21.4. The first-order valence-electron chi connectivity index (χ1n) is 11.6. The SMILES string of the molecule is CNC(=O)c1nc(-c2ccccc2)n2c1C[C@@H]1CC[C@H](C2)N1C(=O)CCc1c(C)noc1C. The summed E-state index contributed by atoms with van der Waals surface area (Å²) in [6, 6.07) is 10.1. The Kier molecular flexibility index (Phi) is 5.52. The summed E-state index contributed by atoms with van der Waals surface area (Å²) < 4.78 is 7.42. The van der Waals surface area contributed by atoms with E-state index in [0.29, 0.717) is 31.5 Å². The number of amides is 2. The molecule has 2 aliphatic heterocycles. The summed E-state index contributed by atoms with van der Waals surface area (Å²) in [5, 5.41) is 6.74. The van der Waals surface area contributed by atoms with Crippen LogP contribution in [0.25, 0.3) is 11.4 Å². The second-order valence-electron chi connectivity index (χ2n) is 8.98. The number of imidazole rings is 1. The topological polar surface area (TPSA) is 93.3 Å². The molecule has 1 saturated heterocycles. The monoisotopic (exact) mass is 447 g/mol. The molecule has 3 aromatic rings. The fourth-order valence-electron chi connectivity index (χ4n) is 5.40. The smallest absolute Gasteiger partial charge is 0.271 e. The van der Waals surface area contributed by atoms with Gasteiger partial charge in [0.2, 0.25) is 5.91 Å². The van der Waals surface area contributed by atoms with Gasteiger partial charge in [-0.1, -0.05) is 35.5 Å². The summed E-state index contributed by atoms with van der Waals surface area (Å²) in [6.07, 6.45) is 3.60. The lowest BCUT2D eigenvalue weighted by Gasteiger charge is -2.28. The number of hydrogen-bond donors (Lipinski definition) is 1. The van der Waals surface area contributed by atoms with Gasteiger partial charge in [-0.25, -0.2) is 4.98 Å². The third-order valence-electron chi connectivity index (χ3n) is 7.05. The van der Waals surface area contributed by atoms with Crippen molar-refractivity contribution in [2.24, 2.45) is 0 Å². The molecule has 4 heterocycles. The molecule has 0 unspecified atom stereocenters. The molecule has 2 bridgehead atoms. The molecule has 2 aliphatic rings. The van der Waals surface area contributed by atoms with Gasteiger partial charge in [-0.3, -0.25) is 9.59 Å². The highest BCUT2D eigenvalue weighted by Crippen LogP contribution is 2.36. The fraction of sp³-hybridized carbons (Fsp3) is 0.440. The van der Waals surface area contributed by atoms with E-state index in [4.69, 9.17) is 9.51 Å². The summed E-state index contributed by atoms with van der Waals surface area (Å²) in [5.74, 6) is 1.54. The highest BCUT2D eigenvalue weighted by atomic mass is 16.5. The molecule has 2 aromatic heterocycles. The third kappa shape index (κ3) is 3.73. The molecular formula is C25H29N5O3. The summed E-state index contributed by atoms with van der Waals surface area (Å²) in [6.45, 7) is 4.45. The predicted octanol–water partition coefficient (Wildman–Crippen LogP) is 3.06. The van der Waals surface area contributed by atoms with E-state index in [1.54, 1.807) is 7.05 Å². The van der Waals surface area contributed by atoms with Gasteiger partial charge in [0, 0.05) is 43.6 Å². The number of rotatable bonds is 5. The maximum atomic E-state index is 13.4. The van der Waals surface area contributed by atoms with Crippen LogP contribution in [0.3, 0.4) is 0 Å². The van der Waals surface area contributed by atoms with E-state index in [0.717, 1.165) is 46.9 Å². The second-order valence-corrected chi connectivity index (χ2v) is 8.98. The zero-order chi connectivity index (χ0) is 23.1. The zero-order valence-corrected chi connectivity index (χ0v) is 19.3. The lowest BCUT2D eigenvalue weighted by Crippen LogP contribution is -2.42. The van der Waals surface area contributed by atoms with Crippen molar-refractivity contribution < 1.29 is 14.1 Å². The Morgan fingerprint density at radius 1 is 1.15 bits per heavy atom. The standard InChI is InChI=1S/C25H29N5O3/c1-15-20(16(2)33-28-15)11-12-22(31)30-18-9-10-19(30)14-29-21(13-18)23(25(32)26-3)27-24(29)17-7-5-4-6-8-17/h4-8,18-19H,9-14H2,1-3H3,(H,26,32)/t18-,19+/m0/s1. The number of nitrogens with one attached hydrogen (secondary N) is 1. The van der Waals surface area contributed by atoms with Crippen molar-refractivity contribution in [2.75, 3.05) is 7.05 Å². The van der Waals surface area contributed by atoms with Gasteiger partial charge in [0.05, 0.1) is 17.4 Å². The van der Waals surface area contributed by atoms with Crippen molar-refractivity contribution in [3.05, 3.63) is 58.7 Å². The van der Waals surface area contributed by atoms with Gasteiger partial charge in [0.1, 0.15) is 17.3 Å². The van der Waals surface area contributed by atoms with Gasteiger partial charge in [0.25, 0.3) is 5.91 Å². The summed E-state index contributed by atoms with van der Waals surface area (Å²) >= 11 is 0. The predicted molar refractivity (Wildman–Crippen MR) is 123 cm³/mol. The van der Waals surface area contributed by atoms with E-state index in [-0.39, 0.29) is 23.9 Å². The average molecular weight is 448 g/mol. The molecule has 33 heavy (non-hydrogen) atoms. The highest BCUT2D eigenvalue weighted by molar-refractivity contribution is 5.94. The fourth-order valence-corrected chi connectivity index (χ4v) is 5.40. The molecule has 0 radical (unpaired) electrons. The van der Waals surface area contributed by atoms with E-state index in [1.807, 2.05) is 44.2 Å². The van der Waals surface area contributed by atoms with Crippen LogP contribution in [0.5, 0.6) is 0 Å². The van der Waals surface area contributed by atoms with Crippen LogP contribution >= 0.6 is 0 Å². The highest BCUT2D eigenvalue weighted by Gasteiger charge is 2.42. The minimum Gasteiger partial charge on any atom is -0.361 e. The maximum Gasteiger partial charge on any atom is 0.271 e. The molecule has 8 nitrogen and oxygen atoms in total. The lowest BCUT2D eigenvalue weighted by atomic mass is 10.0. The van der Waals surface area contributed by atoms with E-state index in [2.05, 4.69) is 19.9 Å². The van der Waals surface area contributed by atoms with Gasteiger partial charge in [-0.05, 0) is 33.1 Å². The van der Waals surface area contributed by atoms with Crippen LogP contribution in [0.4, 0.5) is 0 Å². The Labute approximate surface area is 193 Å². The number of nitrogens with zero attached hydrogens (tertiary/aromatic N) is 4. The van der Waals surface area contributed by atoms with E-state index < -0.39 is 0 Å². The first-order chi connectivity index (χ1) is 16.0. The molecule has 0 aliphatic carbocycles. The Hall–Kier alpha value is -3.42. The average Bonchev–Trinajstić information content (AvgIpc) is 3.44. The molecule has 1 N–H and O–H groups in total. The summed E-state index contributed by atoms with van der Waals surface area (Å²) in [4.78, 5) is 32.9. The Morgan fingerprint density at radius 3 is 2.61 bits per heavy atom. The largest absolute Gasteiger partial charge is 0.361 e. The first-order valence-corrected chi connectivity index (χ1v) is 11.6. The van der Waals surface area contributed by atoms with Gasteiger partial charge >= 0.3 is 0 Å². The van der Waals surface area contributed by atoms with Gasteiger partial charge in [-0.15, -0.1) is 0 Å². The number of aromatic nitrogens is 3. The molecule has 5 rings (SSSR count). The van der Waals surface area contributed by atoms with E-state index in [1.165, 1.54) is 0 Å². The lowest BCUT2D eigenvalue weighted by molar-refractivity contribution is -0.134. The molecular weight excluding hydrogens is 418 g/mol. The molecule has 0 spiro atoms. The van der Waals surface area contributed by atoms with Crippen molar-refractivity contribution in [3.63, 3.8) is 0 Å². The molecule has 8 heteroatoms. The van der Waals surface area contributed by atoms with Crippen molar-refractivity contribution >= 4 is 11.8 Å². The molecule has 1 aromatic carbocycles. The second kappa shape index (κ2) is 8.50. The Bertz CT molecular complexity index is 1180. The number of carbonyl (C=O) groups is 2. The van der Waals surface area contributed by atoms with E-state index in [9.17, 15) is 9.59 Å². The van der Waals surface area contributed by atoms with Crippen LogP contribution in [0.1, 0.15) is 52.5 Å². The minimum atomic E-state index is -0.185. The third-order valence-corrected chi connectivity index (χ3v) is 7.05. The van der Waals surface area contributed by atoms with E-state index >= 15 is 0 Å². The van der Waals surface area contributed by atoms with Crippen LogP contribution in [0, 0.1) is 13.8 Å². The van der Waals surface area contributed by atoms with Crippen LogP contribution in [0.2, 0.25) is 0 Å². The van der Waals surface area contributed by atoms with Crippen molar-refractivity contribution in [1.82, 2.24) is 24.9 Å². The van der Waals surface area contributed by atoms with Gasteiger partial charge in [-0.2, -0.15) is 0 Å². The van der Waals surface area contributed by atoms with Crippen LogP contribution in [-0.2, 0) is 24.2 Å². The molecule has 1 fully saturated rings. The van der Waals surface area contributed by atoms with Crippen LogP contribution < -0.4 is 5.32 Å². The Morgan fingerprint density at radius 2 is 1.91 bits per heavy atom. The zero-order valence-electron chi connectivity index (χ0n) is 19.3. The molecule has 0 saturated carbocycles. The molecule has 2 amide bonds. The minimum absolute atomic E-state index is 0.0807. The quantitative estimate of drug-likeness (QED) is 0.649.